The van der Waals surface area contributed by atoms with Crippen LogP contribution in [0.2, 0.25) is 0 Å². The first-order valence-electron chi connectivity index (χ1n) is 9.82. The van der Waals surface area contributed by atoms with E-state index in [4.69, 9.17) is 4.74 Å². The van der Waals surface area contributed by atoms with Gasteiger partial charge < -0.3 is 4.74 Å². The highest BCUT2D eigenvalue weighted by Crippen LogP contribution is 2.34. The molecule has 2 fully saturated rings. The third kappa shape index (κ3) is 3.98. The van der Waals surface area contributed by atoms with Crippen molar-refractivity contribution in [2.24, 2.45) is 5.92 Å². The number of ether oxygens (including phenoxy) is 1. The van der Waals surface area contributed by atoms with Crippen molar-refractivity contribution >= 4 is 5.97 Å². The lowest BCUT2D eigenvalue weighted by Crippen LogP contribution is -2.09. The van der Waals surface area contributed by atoms with Crippen LogP contribution >= 0.6 is 0 Å². The standard InChI is InChI=1S/C23H25FO2/c24-22-15-20(26-23(25)19-11-12-19)13-14-21(22)18-9-7-17(8-10-18)16-5-3-1-2-4-6-16/h7-10,13-16,19H,1-6,11-12H2. The Kier molecular flexibility index (Phi) is 5.05. The fourth-order valence-electron chi connectivity index (χ4n) is 3.86. The Morgan fingerprint density at radius 2 is 1.58 bits per heavy atom. The minimum absolute atomic E-state index is 0.00858. The van der Waals surface area contributed by atoms with Crippen LogP contribution in [0.3, 0.4) is 0 Å². The molecule has 0 bridgehead atoms. The van der Waals surface area contributed by atoms with E-state index in [1.54, 1.807) is 12.1 Å². The molecule has 2 aliphatic carbocycles. The summed E-state index contributed by atoms with van der Waals surface area (Å²) in [5.41, 5.74) is 2.77. The molecule has 0 amide bonds. The Morgan fingerprint density at radius 3 is 2.19 bits per heavy atom. The fourth-order valence-corrected chi connectivity index (χ4v) is 3.86. The van der Waals surface area contributed by atoms with Gasteiger partial charge in [0.2, 0.25) is 0 Å². The maximum Gasteiger partial charge on any atom is 0.314 e. The number of hydrogen-bond acceptors (Lipinski definition) is 2. The topological polar surface area (TPSA) is 26.3 Å². The summed E-state index contributed by atoms with van der Waals surface area (Å²) in [6.07, 6.45) is 9.59. The number of hydrogen-bond donors (Lipinski definition) is 0. The zero-order chi connectivity index (χ0) is 17.9. The summed E-state index contributed by atoms with van der Waals surface area (Å²) in [5.74, 6) is 0.339. The van der Waals surface area contributed by atoms with Gasteiger partial charge in [-0.1, -0.05) is 49.9 Å². The maximum atomic E-state index is 14.5. The zero-order valence-electron chi connectivity index (χ0n) is 15.0. The van der Waals surface area contributed by atoms with Crippen molar-refractivity contribution in [1.82, 2.24) is 0 Å². The number of carbonyl (C=O) groups is 1. The van der Waals surface area contributed by atoms with Crippen LogP contribution in [0.4, 0.5) is 4.39 Å². The summed E-state index contributed by atoms with van der Waals surface area (Å²) in [6.45, 7) is 0. The van der Waals surface area contributed by atoms with Gasteiger partial charge in [0, 0.05) is 11.6 Å². The van der Waals surface area contributed by atoms with Crippen molar-refractivity contribution in [2.45, 2.75) is 57.3 Å². The highest BCUT2D eigenvalue weighted by molar-refractivity contribution is 5.77. The molecule has 2 aliphatic rings. The molecule has 0 atom stereocenters. The van der Waals surface area contributed by atoms with Crippen LogP contribution in [-0.4, -0.2) is 5.97 Å². The molecular weight excluding hydrogens is 327 g/mol. The summed E-state index contributed by atoms with van der Waals surface area (Å²) >= 11 is 0. The minimum Gasteiger partial charge on any atom is -0.426 e. The van der Waals surface area contributed by atoms with Crippen LogP contribution < -0.4 is 4.74 Å². The van der Waals surface area contributed by atoms with Gasteiger partial charge in [-0.15, -0.1) is 0 Å². The number of benzene rings is 2. The number of halogens is 1. The number of carbonyl (C=O) groups excluding carboxylic acids is 1. The molecule has 0 aliphatic heterocycles. The lowest BCUT2D eigenvalue weighted by Gasteiger charge is -2.15. The molecule has 0 spiro atoms. The molecule has 26 heavy (non-hydrogen) atoms. The third-order valence-electron chi connectivity index (χ3n) is 5.62. The Morgan fingerprint density at radius 1 is 0.885 bits per heavy atom. The molecule has 0 N–H and O–H groups in total. The Hall–Kier alpha value is -2.16. The lowest BCUT2D eigenvalue weighted by atomic mass is 9.90. The van der Waals surface area contributed by atoms with E-state index in [0.29, 0.717) is 17.2 Å². The smallest absolute Gasteiger partial charge is 0.314 e. The summed E-state index contributed by atoms with van der Waals surface area (Å²) in [5, 5.41) is 0. The van der Waals surface area contributed by atoms with Crippen molar-refractivity contribution in [3.8, 4) is 16.9 Å². The monoisotopic (exact) mass is 352 g/mol. The van der Waals surface area contributed by atoms with Crippen LogP contribution in [0.15, 0.2) is 42.5 Å². The van der Waals surface area contributed by atoms with Gasteiger partial charge in [0.15, 0.2) is 0 Å². The number of esters is 1. The van der Waals surface area contributed by atoms with E-state index in [-0.39, 0.29) is 17.7 Å². The molecule has 4 rings (SSSR count). The first kappa shape index (κ1) is 17.3. The fraction of sp³-hybridized carbons (Fsp3) is 0.435. The second kappa shape index (κ2) is 7.61. The SMILES string of the molecule is O=C(Oc1ccc(-c2ccc(C3CCCCCC3)cc2)c(F)c1)C1CC1. The molecule has 136 valence electrons. The van der Waals surface area contributed by atoms with Crippen LogP contribution in [-0.2, 0) is 4.79 Å². The van der Waals surface area contributed by atoms with E-state index in [2.05, 4.69) is 12.1 Å². The normalized spacial score (nSPS) is 18.3. The number of rotatable bonds is 4. The van der Waals surface area contributed by atoms with Crippen molar-refractivity contribution < 1.29 is 13.9 Å². The van der Waals surface area contributed by atoms with Crippen molar-refractivity contribution in [2.75, 3.05) is 0 Å². The lowest BCUT2D eigenvalue weighted by molar-refractivity contribution is -0.135. The highest BCUT2D eigenvalue weighted by atomic mass is 19.1. The Labute approximate surface area is 154 Å². The van der Waals surface area contributed by atoms with Crippen LogP contribution in [0.1, 0.15) is 62.8 Å². The maximum absolute atomic E-state index is 14.5. The van der Waals surface area contributed by atoms with Crippen LogP contribution in [0.5, 0.6) is 5.75 Å². The molecule has 0 aromatic heterocycles. The van der Waals surface area contributed by atoms with E-state index in [0.717, 1.165) is 18.4 Å². The summed E-state index contributed by atoms with van der Waals surface area (Å²) in [4.78, 5) is 11.7. The van der Waals surface area contributed by atoms with Gasteiger partial charge in [0.25, 0.3) is 0 Å². The van der Waals surface area contributed by atoms with Gasteiger partial charge >= 0.3 is 5.97 Å². The van der Waals surface area contributed by atoms with E-state index in [1.807, 2.05) is 12.1 Å². The molecule has 0 unspecified atom stereocenters. The Balaban J connectivity index is 1.48. The first-order chi connectivity index (χ1) is 12.7. The van der Waals surface area contributed by atoms with Gasteiger partial charge in [-0.2, -0.15) is 0 Å². The van der Waals surface area contributed by atoms with Gasteiger partial charge in [-0.05, 0) is 54.9 Å². The summed E-state index contributed by atoms with van der Waals surface area (Å²) < 4.78 is 19.8. The molecule has 2 nitrogen and oxygen atoms in total. The van der Waals surface area contributed by atoms with Crippen LogP contribution in [0, 0.1) is 11.7 Å². The second-order valence-corrected chi connectivity index (χ2v) is 7.65. The molecule has 0 heterocycles. The molecule has 2 aromatic rings. The largest absolute Gasteiger partial charge is 0.426 e. The van der Waals surface area contributed by atoms with Crippen molar-refractivity contribution in [3.63, 3.8) is 0 Å². The van der Waals surface area contributed by atoms with Crippen molar-refractivity contribution in [1.29, 1.82) is 0 Å². The van der Waals surface area contributed by atoms with Gasteiger partial charge in [-0.25, -0.2) is 4.39 Å². The van der Waals surface area contributed by atoms with E-state index < -0.39 is 0 Å². The first-order valence-corrected chi connectivity index (χ1v) is 9.82. The van der Waals surface area contributed by atoms with Crippen molar-refractivity contribution in [3.05, 3.63) is 53.8 Å². The van der Waals surface area contributed by atoms with Gasteiger partial charge in [-0.3, -0.25) is 4.79 Å². The molecule has 2 saturated carbocycles. The third-order valence-corrected chi connectivity index (χ3v) is 5.62. The highest BCUT2D eigenvalue weighted by Gasteiger charge is 2.31. The van der Waals surface area contributed by atoms with Gasteiger partial charge in [0.05, 0.1) is 5.92 Å². The molecule has 3 heteroatoms. The minimum atomic E-state index is -0.353. The summed E-state index contributed by atoms with van der Waals surface area (Å²) in [7, 11) is 0. The van der Waals surface area contributed by atoms with E-state index in [9.17, 15) is 9.18 Å². The molecular formula is C23H25FO2. The zero-order valence-corrected chi connectivity index (χ0v) is 15.0. The van der Waals surface area contributed by atoms with E-state index in [1.165, 1.54) is 50.2 Å². The predicted octanol–water partition coefficient (Wildman–Crippen LogP) is 6.25. The second-order valence-electron chi connectivity index (χ2n) is 7.65. The molecule has 2 aromatic carbocycles. The quantitative estimate of drug-likeness (QED) is 0.369. The van der Waals surface area contributed by atoms with Gasteiger partial charge in [0.1, 0.15) is 11.6 Å². The van der Waals surface area contributed by atoms with Crippen LogP contribution in [0.25, 0.3) is 11.1 Å². The average Bonchev–Trinajstić information content (AvgIpc) is 3.49. The van der Waals surface area contributed by atoms with E-state index >= 15 is 0 Å². The predicted molar refractivity (Wildman–Crippen MR) is 101 cm³/mol. The average molecular weight is 352 g/mol. The summed E-state index contributed by atoms with van der Waals surface area (Å²) in [6, 6.07) is 13.0. The molecule has 0 radical (unpaired) electrons. The molecule has 0 saturated heterocycles. The Bertz CT molecular complexity index is 769.